The number of hydrogen-bond acceptors (Lipinski definition) is 2. The van der Waals surface area contributed by atoms with Gasteiger partial charge in [-0.1, -0.05) is 0 Å². The molecule has 0 amide bonds. The first-order valence-electron chi connectivity index (χ1n) is 4.24. The minimum absolute atomic E-state index is 0.00974. The van der Waals surface area contributed by atoms with E-state index in [2.05, 4.69) is 15.9 Å². The van der Waals surface area contributed by atoms with E-state index in [4.69, 9.17) is 9.47 Å². The van der Waals surface area contributed by atoms with Crippen molar-refractivity contribution >= 4 is 15.9 Å². The summed E-state index contributed by atoms with van der Waals surface area (Å²) in [6.07, 6.45) is -0.00974. The molecule has 78 valence electrons. The molecule has 0 aliphatic rings. The van der Waals surface area contributed by atoms with Crippen molar-refractivity contribution in [3.05, 3.63) is 22.4 Å². The third-order valence-electron chi connectivity index (χ3n) is 1.57. The quantitative estimate of drug-likeness (QED) is 0.832. The van der Waals surface area contributed by atoms with E-state index in [0.717, 1.165) is 0 Å². The van der Waals surface area contributed by atoms with Crippen LogP contribution < -0.4 is 9.47 Å². The van der Waals surface area contributed by atoms with Crippen molar-refractivity contribution < 1.29 is 13.9 Å². The van der Waals surface area contributed by atoms with Gasteiger partial charge < -0.3 is 9.47 Å². The Morgan fingerprint density at radius 3 is 2.43 bits per heavy atom. The van der Waals surface area contributed by atoms with Gasteiger partial charge in [0.25, 0.3) is 0 Å². The molecule has 0 spiro atoms. The van der Waals surface area contributed by atoms with E-state index in [-0.39, 0.29) is 11.9 Å². The fourth-order valence-corrected chi connectivity index (χ4v) is 1.34. The Labute approximate surface area is 91.2 Å². The van der Waals surface area contributed by atoms with Crippen LogP contribution in [0.2, 0.25) is 0 Å². The molecule has 0 radical (unpaired) electrons. The second kappa shape index (κ2) is 4.64. The third-order valence-corrected chi connectivity index (χ3v) is 2.18. The summed E-state index contributed by atoms with van der Waals surface area (Å²) in [5.41, 5.74) is 0. The minimum atomic E-state index is -0.360. The SMILES string of the molecule is COc1cc(Br)c(F)cc1OC(C)C. The lowest BCUT2D eigenvalue weighted by atomic mass is 10.3. The maximum absolute atomic E-state index is 13.2. The summed E-state index contributed by atoms with van der Waals surface area (Å²) in [6.45, 7) is 3.75. The van der Waals surface area contributed by atoms with E-state index in [1.165, 1.54) is 13.2 Å². The Kier molecular flexibility index (Phi) is 3.75. The number of ether oxygens (including phenoxy) is 2. The van der Waals surface area contributed by atoms with Gasteiger partial charge in [0, 0.05) is 12.1 Å². The number of rotatable bonds is 3. The van der Waals surface area contributed by atoms with Crippen molar-refractivity contribution in [2.24, 2.45) is 0 Å². The van der Waals surface area contributed by atoms with Crippen molar-refractivity contribution in [2.75, 3.05) is 7.11 Å². The van der Waals surface area contributed by atoms with Crippen molar-refractivity contribution in [2.45, 2.75) is 20.0 Å². The fourth-order valence-electron chi connectivity index (χ4n) is 1.02. The van der Waals surface area contributed by atoms with Gasteiger partial charge in [0.05, 0.1) is 17.7 Å². The predicted molar refractivity (Wildman–Crippen MR) is 56.4 cm³/mol. The van der Waals surface area contributed by atoms with E-state index in [1.54, 1.807) is 6.07 Å². The predicted octanol–water partition coefficient (Wildman–Crippen LogP) is 3.38. The summed E-state index contributed by atoms with van der Waals surface area (Å²) >= 11 is 3.08. The second-order valence-corrected chi connectivity index (χ2v) is 3.94. The van der Waals surface area contributed by atoms with Crippen molar-refractivity contribution in [1.82, 2.24) is 0 Å². The highest BCUT2D eigenvalue weighted by molar-refractivity contribution is 9.10. The Morgan fingerprint density at radius 1 is 1.29 bits per heavy atom. The first-order valence-corrected chi connectivity index (χ1v) is 5.03. The molecule has 0 aliphatic heterocycles. The van der Waals surface area contributed by atoms with Gasteiger partial charge in [0.15, 0.2) is 11.5 Å². The van der Waals surface area contributed by atoms with E-state index in [0.29, 0.717) is 16.0 Å². The average molecular weight is 263 g/mol. The molecule has 2 nitrogen and oxygen atoms in total. The summed E-state index contributed by atoms with van der Waals surface area (Å²) < 4.78 is 24.0. The highest BCUT2D eigenvalue weighted by atomic mass is 79.9. The molecule has 1 aromatic carbocycles. The standard InChI is InChI=1S/C10H12BrFO2/c1-6(2)14-10-5-8(12)7(11)4-9(10)13-3/h4-6H,1-3H3. The van der Waals surface area contributed by atoms with Gasteiger partial charge in [-0.25, -0.2) is 4.39 Å². The number of hydrogen-bond donors (Lipinski definition) is 0. The molecule has 0 saturated carbocycles. The maximum atomic E-state index is 13.2. The smallest absolute Gasteiger partial charge is 0.164 e. The highest BCUT2D eigenvalue weighted by Gasteiger charge is 2.10. The highest BCUT2D eigenvalue weighted by Crippen LogP contribution is 2.33. The van der Waals surface area contributed by atoms with Gasteiger partial charge in [-0.2, -0.15) is 0 Å². The third kappa shape index (κ3) is 2.61. The maximum Gasteiger partial charge on any atom is 0.164 e. The Bertz CT molecular complexity index is 326. The van der Waals surface area contributed by atoms with Crippen molar-refractivity contribution in [3.63, 3.8) is 0 Å². The van der Waals surface area contributed by atoms with Gasteiger partial charge in [0.1, 0.15) is 5.82 Å². The zero-order valence-electron chi connectivity index (χ0n) is 8.30. The lowest BCUT2D eigenvalue weighted by Crippen LogP contribution is -2.07. The minimum Gasteiger partial charge on any atom is -0.493 e. The van der Waals surface area contributed by atoms with E-state index >= 15 is 0 Å². The Hall–Kier alpha value is -0.770. The van der Waals surface area contributed by atoms with Gasteiger partial charge >= 0.3 is 0 Å². The van der Waals surface area contributed by atoms with Crippen LogP contribution in [-0.2, 0) is 0 Å². The van der Waals surface area contributed by atoms with Crippen LogP contribution in [0.3, 0.4) is 0 Å². The lowest BCUT2D eigenvalue weighted by Gasteiger charge is -2.13. The Balaban J connectivity index is 3.07. The van der Waals surface area contributed by atoms with Gasteiger partial charge in [-0.05, 0) is 29.8 Å². The van der Waals surface area contributed by atoms with Gasteiger partial charge in [-0.15, -0.1) is 0 Å². The zero-order valence-corrected chi connectivity index (χ0v) is 9.89. The van der Waals surface area contributed by atoms with Crippen LogP contribution in [0.5, 0.6) is 11.5 Å². The van der Waals surface area contributed by atoms with Crippen LogP contribution in [0.25, 0.3) is 0 Å². The fraction of sp³-hybridized carbons (Fsp3) is 0.400. The van der Waals surface area contributed by atoms with E-state index < -0.39 is 0 Å². The molecular formula is C10H12BrFO2. The van der Waals surface area contributed by atoms with Gasteiger partial charge in [0.2, 0.25) is 0 Å². The van der Waals surface area contributed by atoms with Crippen molar-refractivity contribution in [1.29, 1.82) is 0 Å². The molecule has 4 heteroatoms. The van der Waals surface area contributed by atoms with Crippen LogP contribution in [0.4, 0.5) is 4.39 Å². The summed E-state index contributed by atoms with van der Waals surface area (Å²) in [5.74, 6) is 0.580. The summed E-state index contributed by atoms with van der Waals surface area (Å²) in [6, 6.07) is 2.86. The average Bonchev–Trinajstić information content (AvgIpc) is 2.10. The molecule has 0 aliphatic carbocycles. The van der Waals surface area contributed by atoms with Crippen LogP contribution in [0.1, 0.15) is 13.8 Å². The topological polar surface area (TPSA) is 18.5 Å². The van der Waals surface area contributed by atoms with E-state index in [1.807, 2.05) is 13.8 Å². The molecule has 0 fully saturated rings. The Morgan fingerprint density at radius 2 is 1.93 bits per heavy atom. The van der Waals surface area contributed by atoms with E-state index in [9.17, 15) is 4.39 Å². The molecule has 0 bridgehead atoms. The second-order valence-electron chi connectivity index (χ2n) is 3.08. The summed E-state index contributed by atoms with van der Waals surface area (Å²) in [4.78, 5) is 0. The molecule has 0 N–H and O–H groups in total. The first-order chi connectivity index (χ1) is 6.54. The van der Waals surface area contributed by atoms with Crippen molar-refractivity contribution in [3.8, 4) is 11.5 Å². The summed E-state index contributed by atoms with van der Waals surface area (Å²) in [5, 5.41) is 0. The number of benzene rings is 1. The molecule has 0 heterocycles. The largest absolute Gasteiger partial charge is 0.493 e. The molecule has 0 unspecified atom stereocenters. The molecule has 1 aromatic rings. The molecule has 0 saturated heterocycles. The summed E-state index contributed by atoms with van der Waals surface area (Å²) in [7, 11) is 1.52. The molecular weight excluding hydrogens is 251 g/mol. The zero-order chi connectivity index (χ0) is 10.7. The molecule has 1 rings (SSSR count). The first kappa shape index (κ1) is 11.3. The van der Waals surface area contributed by atoms with Crippen LogP contribution in [0.15, 0.2) is 16.6 Å². The monoisotopic (exact) mass is 262 g/mol. The number of halogens is 2. The van der Waals surface area contributed by atoms with Gasteiger partial charge in [-0.3, -0.25) is 0 Å². The van der Waals surface area contributed by atoms with Crippen LogP contribution >= 0.6 is 15.9 Å². The van der Waals surface area contributed by atoms with Crippen LogP contribution in [-0.4, -0.2) is 13.2 Å². The molecule has 0 aromatic heterocycles. The number of methoxy groups -OCH3 is 1. The lowest BCUT2D eigenvalue weighted by molar-refractivity contribution is 0.229. The normalized spacial score (nSPS) is 10.4. The molecule has 14 heavy (non-hydrogen) atoms. The molecule has 0 atom stereocenters. The van der Waals surface area contributed by atoms with Crippen LogP contribution in [0, 0.1) is 5.82 Å².